The van der Waals surface area contributed by atoms with Crippen molar-refractivity contribution in [1.82, 2.24) is 78.5 Å². The van der Waals surface area contributed by atoms with Crippen molar-refractivity contribution in [1.29, 1.82) is 0 Å². The monoisotopic (exact) mass is 1910 g/mol. The average molecular weight is 1910 g/mol. The van der Waals surface area contributed by atoms with E-state index in [0.29, 0.717) is 38.3 Å². The zero-order valence-corrected chi connectivity index (χ0v) is 82.3. The number of rotatable bonds is 20. The number of thiocarbonyl (C=S) groups is 3. The third-order valence-corrected chi connectivity index (χ3v) is 27.8. The molecular weight excluding hydrogens is 1800 g/mol. The van der Waals surface area contributed by atoms with Gasteiger partial charge < -0.3 is 36.0 Å². The summed E-state index contributed by atoms with van der Waals surface area (Å²) in [7, 11) is 7.86. The number of para-hydroxylation sites is 3. The van der Waals surface area contributed by atoms with Crippen LogP contribution in [0.2, 0.25) is 0 Å². The Balaban J connectivity index is 0.000000111. The van der Waals surface area contributed by atoms with Crippen LogP contribution in [0.25, 0.3) is 28.1 Å². The third-order valence-electron chi connectivity index (χ3n) is 26.4. The van der Waals surface area contributed by atoms with E-state index in [1.54, 1.807) is 18.6 Å². The predicted molar refractivity (Wildman–Crippen MR) is 575 cm³/mol. The van der Waals surface area contributed by atoms with Crippen LogP contribution in [0.3, 0.4) is 0 Å². The summed E-state index contributed by atoms with van der Waals surface area (Å²) in [6.07, 6.45) is 12.6. The molecule has 29 nitrogen and oxygen atoms in total. The van der Waals surface area contributed by atoms with Crippen LogP contribution in [-0.4, -0.2) is 208 Å². The largest absolute Gasteiger partial charge is 0.340 e. The van der Waals surface area contributed by atoms with E-state index < -0.39 is 0 Å². The number of anilines is 12. The van der Waals surface area contributed by atoms with Crippen molar-refractivity contribution in [3.8, 4) is 28.1 Å². The van der Waals surface area contributed by atoms with Crippen LogP contribution in [0.4, 0.5) is 69.3 Å². The van der Waals surface area contributed by atoms with Crippen LogP contribution in [0.5, 0.6) is 0 Å². The van der Waals surface area contributed by atoms with Gasteiger partial charge in [0.2, 0.25) is 23.8 Å². The molecule has 0 unspecified atom stereocenters. The predicted octanol–water partition coefficient (Wildman–Crippen LogP) is 19.3. The Morgan fingerprint density at radius 1 is 0.429 bits per heavy atom. The zero-order chi connectivity index (χ0) is 96.0. The lowest BCUT2D eigenvalue weighted by molar-refractivity contribution is 0.368. The van der Waals surface area contributed by atoms with E-state index in [1.165, 1.54) is 34.2 Å². The Hall–Kier alpha value is -15.7. The Bertz CT molecular complexity index is 7240. The number of pyridine rings is 2. The van der Waals surface area contributed by atoms with Crippen LogP contribution < -0.4 is 40.9 Å². The normalized spacial score (nSPS) is 17.9. The molecule has 9 aliphatic rings. The third kappa shape index (κ3) is 18.0. The summed E-state index contributed by atoms with van der Waals surface area (Å²) in [6.45, 7) is 19.4. The highest BCUT2D eigenvalue weighted by Gasteiger charge is 2.50. The van der Waals surface area contributed by atoms with E-state index in [0.717, 1.165) is 210 Å². The molecule has 0 amide bonds. The van der Waals surface area contributed by atoms with Gasteiger partial charge in [-0.3, -0.25) is 44.5 Å². The molecule has 0 bridgehead atoms. The molecule has 8 aliphatic heterocycles. The zero-order valence-electron chi connectivity index (χ0n) is 79.8. The number of aryl methyl sites for hydroxylation is 1. The van der Waals surface area contributed by atoms with Gasteiger partial charge in [-0.05, 0) is 159 Å². The standard InChI is InChI=1S/C29H27N7S.C29H29N7.C25H24N8S.C25H29N7S/c1-34-28(37)25-26(31-21-8-3-2-4-9-21)35(33-27(25)36-24-12-7-11-23(24)32-29(34)36)18-19-13-15-20(16-14-19)22-10-5-6-17-30-22;1-20-18-35-28-25(26(30-2)34(3)29(35)31-20)27(32-24-12-8-5-9-13-24)36(33-28)19-21-14-16-23(17-15-21)22-10-6-4-7-11-22;1-17-15-31-23-21(24(34)30(2)25(31)27-17)22(28-19-7-4-3-5-8-19)33(29-23)16-18-9-11-20(12-10-18)32-14-6-13-26-32;1-5-30-23(33)20-21(28-19-10-12-26-13-11-19)32(14-18-8-6-17(2)7-9-18)29-22(20)31-16-25(3,4)15-27-24(30)31/h2-6,8-10,13-17,23-24,31H,7,11-12,18H2,1H3;4-17,20,32H,18-19H2,1-3H3;3-14,17,28H,15-16H2,1-2H3;6-13H,5,14-16H2,1-4H3,(H,26,28)/t23-,24+;20-;17-;/m111./s1. The second-order valence-corrected chi connectivity index (χ2v) is 38.3. The van der Waals surface area contributed by atoms with E-state index >= 15 is 0 Å². The molecule has 704 valence electrons. The Morgan fingerprint density at radius 3 is 1.39 bits per heavy atom. The van der Waals surface area contributed by atoms with Crippen LogP contribution >= 0.6 is 36.7 Å². The average Bonchev–Trinajstić information content (AvgIpc) is 1.57. The van der Waals surface area contributed by atoms with Crippen molar-refractivity contribution < 1.29 is 0 Å². The smallest absolute Gasteiger partial charge is 0.208 e. The summed E-state index contributed by atoms with van der Waals surface area (Å²) < 4.78 is 9.99. The fraction of sp³-hybridized carbons (Fsp3) is 0.250. The number of hydrogen-bond donors (Lipinski definition) is 4. The van der Waals surface area contributed by atoms with Crippen LogP contribution in [0.15, 0.2) is 311 Å². The van der Waals surface area contributed by atoms with Gasteiger partial charge in [0.1, 0.15) is 49.6 Å². The first kappa shape index (κ1) is 90.8. The van der Waals surface area contributed by atoms with Gasteiger partial charge in [-0.1, -0.05) is 232 Å². The minimum absolute atomic E-state index is 0.0541. The fourth-order valence-electron chi connectivity index (χ4n) is 19.5. The second-order valence-electron chi connectivity index (χ2n) is 37.1. The molecule has 24 rings (SSSR count). The second kappa shape index (κ2) is 38.7. The Labute approximate surface area is 830 Å². The quantitative estimate of drug-likeness (QED) is 0.0518. The SMILES string of the molecule is CCN1C(=S)c2c(nn(Cc3ccc(C)cc3)c2Nc2ccncc2)N2CC(C)(C)CN=C12.CN1C(=S)c2c(nn(Cc3ccc(-c4ccccn4)cc3)c2Nc2ccccc2)N2C1=N[C@@H]1CCC[C@@H]12.CN=C1c2c(nn(Cc3ccc(-c4ccccc4)cc3)c2Nc2ccccc2)N2C[C@@H](C)N=C2N1C.C[C@@H]1CN2C(=N1)N(C)C(=S)c1c2nn(Cc2ccc(-n3cccn3)cc2)c1Nc1ccccc1. The number of guanidine groups is 4. The Morgan fingerprint density at radius 2 is 0.879 bits per heavy atom. The molecule has 32 heteroatoms. The highest BCUT2D eigenvalue weighted by molar-refractivity contribution is 7.81. The van der Waals surface area contributed by atoms with Crippen molar-refractivity contribution >= 4 is 151 Å². The van der Waals surface area contributed by atoms with Crippen LogP contribution in [-0.2, 0) is 26.2 Å². The van der Waals surface area contributed by atoms with Gasteiger partial charge in [0.05, 0.1) is 78.4 Å². The van der Waals surface area contributed by atoms with Gasteiger partial charge in [-0.15, -0.1) is 0 Å². The number of fused-ring (bicyclic) bond motifs is 14. The molecule has 4 atom stereocenters. The van der Waals surface area contributed by atoms with Crippen molar-refractivity contribution in [2.24, 2.45) is 30.4 Å². The molecule has 7 aromatic heterocycles. The molecule has 8 aromatic carbocycles. The summed E-state index contributed by atoms with van der Waals surface area (Å²) in [5.41, 5.74) is 19.2. The summed E-state index contributed by atoms with van der Waals surface area (Å²) >= 11 is 17.9. The maximum Gasteiger partial charge on any atom is 0.208 e. The van der Waals surface area contributed by atoms with E-state index in [9.17, 15) is 0 Å². The van der Waals surface area contributed by atoms with Crippen molar-refractivity contribution in [3.63, 3.8) is 0 Å². The van der Waals surface area contributed by atoms with E-state index in [1.807, 2.05) is 169 Å². The number of aromatic nitrogens is 12. The highest BCUT2D eigenvalue weighted by Crippen LogP contribution is 2.47. The summed E-state index contributed by atoms with van der Waals surface area (Å²) in [6, 6.07) is 88.1. The minimum Gasteiger partial charge on any atom is -0.340 e. The first-order chi connectivity index (χ1) is 68.2. The molecule has 4 N–H and O–H groups in total. The number of benzene rings is 8. The lowest BCUT2D eigenvalue weighted by Crippen LogP contribution is -2.57. The molecule has 1 aliphatic carbocycles. The molecule has 15 heterocycles. The van der Waals surface area contributed by atoms with Crippen molar-refractivity contribution in [2.45, 2.75) is 111 Å². The van der Waals surface area contributed by atoms with Gasteiger partial charge in [-0.25, -0.2) is 38.4 Å². The van der Waals surface area contributed by atoms with E-state index in [4.69, 9.17) is 77.0 Å². The van der Waals surface area contributed by atoms with Crippen molar-refractivity contribution in [2.75, 3.05) is 102 Å². The van der Waals surface area contributed by atoms with Gasteiger partial charge in [-0.2, -0.15) is 25.5 Å². The number of nitrogens with zero attached hydrogens (tertiary/aromatic N) is 25. The number of hydrogen-bond acceptors (Lipinski definition) is 23. The molecule has 0 radical (unpaired) electrons. The first-order valence-corrected chi connectivity index (χ1v) is 48.8. The number of aliphatic imine (C=N–C) groups is 5. The lowest BCUT2D eigenvalue weighted by atomic mass is 9.91. The van der Waals surface area contributed by atoms with E-state index in [2.05, 4.69) is 272 Å². The lowest BCUT2D eigenvalue weighted by Gasteiger charge is -2.44. The van der Waals surface area contributed by atoms with Gasteiger partial charge in [0, 0.05) is 126 Å². The van der Waals surface area contributed by atoms with Gasteiger partial charge in [0.25, 0.3) is 0 Å². The summed E-state index contributed by atoms with van der Waals surface area (Å²) in [4.78, 5) is 52.3. The number of nitrogens with one attached hydrogen (secondary N) is 4. The van der Waals surface area contributed by atoms with Crippen LogP contribution in [0.1, 0.15) is 104 Å². The minimum atomic E-state index is 0.0541. The van der Waals surface area contributed by atoms with Crippen LogP contribution in [0, 0.1) is 12.3 Å². The van der Waals surface area contributed by atoms with Gasteiger partial charge >= 0.3 is 0 Å². The maximum atomic E-state index is 6.02. The number of amidine groups is 1. The molecule has 1 fully saturated rings. The molecule has 140 heavy (non-hydrogen) atoms. The molecule has 1 saturated carbocycles. The topological polar surface area (TPSA) is 251 Å². The van der Waals surface area contributed by atoms with Crippen molar-refractivity contribution in [3.05, 3.63) is 336 Å². The van der Waals surface area contributed by atoms with Gasteiger partial charge in [0.15, 0.2) is 23.3 Å². The molecule has 0 saturated heterocycles. The molecule has 15 aromatic rings. The first-order valence-electron chi connectivity index (χ1n) is 47.6. The maximum absolute atomic E-state index is 6.02. The summed E-state index contributed by atoms with van der Waals surface area (Å²) in [5, 5.41) is 39.2. The highest BCUT2D eigenvalue weighted by atomic mass is 32.1. The summed E-state index contributed by atoms with van der Waals surface area (Å²) in [5.74, 6) is 11.6. The Kier molecular flexibility index (Phi) is 25.1. The van der Waals surface area contributed by atoms with E-state index in [-0.39, 0.29) is 17.5 Å². The fourth-order valence-corrected chi connectivity index (χ4v) is 20.4. The molecular formula is C108H109N29S3. The molecule has 0 spiro atoms.